The van der Waals surface area contributed by atoms with Crippen LogP contribution < -0.4 is 9.47 Å². The van der Waals surface area contributed by atoms with Gasteiger partial charge in [0.1, 0.15) is 11.5 Å². The molecule has 2 aliphatic heterocycles. The molecule has 2 aromatic rings. The number of carbonyl (C=O) groups excluding carboxylic acids is 2. The van der Waals surface area contributed by atoms with Crippen molar-refractivity contribution in [2.24, 2.45) is 0 Å². The van der Waals surface area contributed by atoms with Crippen LogP contribution in [0.5, 0.6) is 11.5 Å². The van der Waals surface area contributed by atoms with Crippen LogP contribution in [-0.2, 0) is 9.59 Å². The molecule has 4 heteroatoms. The molecule has 232 valence electrons. The third-order valence-electron chi connectivity index (χ3n) is 12.1. The zero-order chi connectivity index (χ0) is 29.6. The zero-order valence-corrected chi connectivity index (χ0v) is 26.4. The second kappa shape index (κ2) is 12.1. The minimum absolute atomic E-state index is 0.375. The van der Waals surface area contributed by atoms with Crippen LogP contribution >= 0.6 is 0 Å². The third-order valence-corrected chi connectivity index (χ3v) is 12.1. The Labute approximate surface area is 263 Å². The van der Waals surface area contributed by atoms with Crippen molar-refractivity contribution in [3.05, 3.63) is 57.6 Å². The van der Waals surface area contributed by atoms with Gasteiger partial charge < -0.3 is 9.47 Å². The lowest BCUT2D eigenvalue weighted by molar-refractivity contribution is -0.129. The normalized spacial score (nSPS) is 25.5. The Hall–Kier alpha value is -2.88. The molecular formula is C40H48O4. The van der Waals surface area contributed by atoms with Gasteiger partial charge in [-0.1, -0.05) is 89.2 Å². The van der Waals surface area contributed by atoms with E-state index in [4.69, 9.17) is 9.47 Å². The van der Waals surface area contributed by atoms with Gasteiger partial charge in [0, 0.05) is 11.1 Å². The van der Waals surface area contributed by atoms with Crippen LogP contribution in [0, 0.1) is 0 Å². The van der Waals surface area contributed by atoms with Crippen molar-refractivity contribution in [3.8, 4) is 11.5 Å². The minimum Gasteiger partial charge on any atom is -0.422 e. The summed E-state index contributed by atoms with van der Waals surface area (Å²) in [6, 6.07) is 9.22. The van der Waals surface area contributed by atoms with E-state index in [9.17, 15) is 9.59 Å². The summed E-state index contributed by atoms with van der Waals surface area (Å²) in [7, 11) is 0. The second-order valence-corrected chi connectivity index (χ2v) is 14.8. The first-order valence-corrected chi connectivity index (χ1v) is 18.2. The average Bonchev–Trinajstić information content (AvgIpc) is 3.59. The third kappa shape index (κ3) is 5.14. The van der Waals surface area contributed by atoms with Gasteiger partial charge in [0.25, 0.3) is 0 Å². The molecule has 0 spiro atoms. The fraction of sp³-hybridized carbons (Fsp3) is 0.600. The van der Waals surface area contributed by atoms with E-state index in [2.05, 4.69) is 24.3 Å². The lowest BCUT2D eigenvalue weighted by Crippen LogP contribution is -2.10. The Bertz CT molecular complexity index is 1360. The largest absolute Gasteiger partial charge is 0.422 e. The number of benzene rings is 2. The van der Waals surface area contributed by atoms with Gasteiger partial charge in [-0.15, -0.1) is 0 Å². The van der Waals surface area contributed by atoms with Crippen molar-refractivity contribution in [1.82, 2.24) is 0 Å². The highest BCUT2D eigenvalue weighted by atomic mass is 16.5. The first kappa shape index (κ1) is 28.6. The number of fused-ring (bicyclic) bond motifs is 2. The number of carbonyl (C=O) groups is 2. The highest BCUT2D eigenvalue weighted by Gasteiger charge is 2.42. The Kier molecular flexibility index (Phi) is 7.89. The van der Waals surface area contributed by atoms with E-state index in [-0.39, 0.29) is 11.9 Å². The number of esters is 2. The summed E-state index contributed by atoms with van der Waals surface area (Å²) in [6.45, 7) is 0. The molecule has 0 radical (unpaired) electrons. The predicted molar refractivity (Wildman–Crippen MR) is 174 cm³/mol. The Balaban J connectivity index is 1.31. The summed E-state index contributed by atoms with van der Waals surface area (Å²) in [5, 5.41) is 0. The molecule has 0 atom stereocenters. The van der Waals surface area contributed by atoms with E-state index in [1.165, 1.54) is 125 Å². The zero-order valence-electron chi connectivity index (χ0n) is 26.4. The van der Waals surface area contributed by atoms with Crippen molar-refractivity contribution in [1.29, 1.82) is 0 Å². The van der Waals surface area contributed by atoms with Crippen LogP contribution in [0.2, 0.25) is 0 Å². The molecule has 0 amide bonds. The van der Waals surface area contributed by atoms with E-state index in [1.54, 1.807) is 0 Å². The number of rotatable bonds is 4. The maximum absolute atomic E-state index is 14.0. The first-order chi connectivity index (χ1) is 21.7. The summed E-state index contributed by atoms with van der Waals surface area (Å²) in [6.07, 6.45) is 24.5. The predicted octanol–water partition coefficient (Wildman–Crippen LogP) is 10.6. The molecular weight excluding hydrogens is 544 g/mol. The summed E-state index contributed by atoms with van der Waals surface area (Å²) < 4.78 is 12.4. The molecule has 44 heavy (non-hydrogen) atoms. The number of hydrogen-bond acceptors (Lipinski definition) is 4. The molecule has 4 fully saturated rings. The van der Waals surface area contributed by atoms with Gasteiger partial charge in [-0.2, -0.15) is 0 Å². The fourth-order valence-electron chi connectivity index (χ4n) is 9.71. The topological polar surface area (TPSA) is 52.6 Å². The molecule has 0 aromatic heterocycles. The van der Waals surface area contributed by atoms with Gasteiger partial charge in [-0.05, 0) is 109 Å². The van der Waals surface area contributed by atoms with Gasteiger partial charge in [0.05, 0.1) is 11.1 Å². The summed E-state index contributed by atoms with van der Waals surface area (Å²) in [4.78, 5) is 28.0. The SMILES string of the molecule is O=C1Oc2c(cc(C3CCCCC3)cc2C2CCCCC2)C1=C1C(=O)Oc2c1cc(C1CCCCC1)cc2C1CCCCC1. The van der Waals surface area contributed by atoms with Gasteiger partial charge in [-0.3, -0.25) is 0 Å². The molecule has 0 saturated heterocycles. The molecule has 2 aromatic carbocycles. The smallest absolute Gasteiger partial charge is 0.345 e. The molecule has 6 aliphatic rings. The Morgan fingerprint density at radius 1 is 0.409 bits per heavy atom. The van der Waals surface area contributed by atoms with Gasteiger partial charge in [0.15, 0.2) is 0 Å². The highest BCUT2D eigenvalue weighted by Crippen LogP contribution is 2.53. The summed E-state index contributed by atoms with van der Waals surface area (Å²) >= 11 is 0. The van der Waals surface area contributed by atoms with E-state index in [0.717, 1.165) is 48.3 Å². The van der Waals surface area contributed by atoms with Crippen LogP contribution in [-0.4, -0.2) is 11.9 Å². The number of hydrogen-bond donors (Lipinski definition) is 0. The summed E-state index contributed by atoms with van der Waals surface area (Å²) in [5.74, 6) is 2.55. The van der Waals surface area contributed by atoms with Crippen LogP contribution in [0.1, 0.15) is 185 Å². The molecule has 0 bridgehead atoms. The van der Waals surface area contributed by atoms with Crippen molar-refractivity contribution in [2.75, 3.05) is 0 Å². The van der Waals surface area contributed by atoms with Crippen LogP contribution in [0.4, 0.5) is 0 Å². The maximum atomic E-state index is 14.0. The van der Waals surface area contributed by atoms with Crippen LogP contribution in [0.3, 0.4) is 0 Å². The van der Waals surface area contributed by atoms with E-state index in [0.29, 0.717) is 34.8 Å². The van der Waals surface area contributed by atoms with Crippen molar-refractivity contribution in [2.45, 2.75) is 152 Å². The van der Waals surface area contributed by atoms with Crippen molar-refractivity contribution < 1.29 is 19.1 Å². The van der Waals surface area contributed by atoms with E-state index in [1.807, 2.05) is 0 Å². The minimum atomic E-state index is -0.375. The van der Waals surface area contributed by atoms with E-state index >= 15 is 0 Å². The highest BCUT2D eigenvalue weighted by molar-refractivity contribution is 6.41. The van der Waals surface area contributed by atoms with E-state index < -0.39 is 0 Å². The summed E-state index contributed by atoms with van der Waals surface area (Å²) in [5.41, 5.74) is 7.69. The van der Waals surface area contributed by atoms with Gasteiger partial charge >= 0.3 is 11.9 Å². The fourth-order valence-corrected chi connectivity index (χ4v) is 9.71. The lowest BCUT2D eigenvalue weighted by Gasteiger charge is -2.27. The van der Waals surface area contributed by atoms with Gasteiger partial charge in [-0.25, -0.2) is 9.59 Å². The molecule has 4 aliphatic carbocycles. The molecule has 2 heterocycles. The Morgan fingerprint density at radius 2 is 0.727 bits per heavy atom. The Morgan fingerprint density at radius 3 is 1.07 bits per heavy atom. The second-order valence-electron chi connectivity index (χ2n) is 14.8. The molecule has 8 rings (SSSR count). The van der Waals surface area contributed by atoms with Crippen molar-refractivity contribution >= 4 is 23.1 Å². The average molecular weight is 593 g/mol. The van der Waals surface area contributed by atoms with Gasteiger partial charge in [0.2, 0.25) is 0 Å². The molecule has 4 nitrogen and oxygen atoms in total. The standard InChI is InChI=1S/C40H48O4/c41-39-35(33-23-29(25-13-5-1-6-14-25)21-31(37(33)43-39)27-17-9-3-10-18-27)36-34-24-30(26-15-7-2-8-16-26)22-32(38(34)44-40(36)42)28-19-11-4-12-20-28/h21-28H,1-20H2. The van der Waals surface area contributed by atoms with Crippen molar-refractivity contribution in [3.63, 3.8) is 0 Å². The molecule has 0 unspecified atom stereocenters. The van der Waals surface area contributed by atoms with Crippen LogP contribution in [0.15, 0.2) is 24.3 Å². The monoisotopic (exact) mass is 592 g/mol. The first-order valence-electron chi connectivity index (χ1n) is 18.2. The molecule has 0 N–H and O–H groups in total. The quantitative estimate of drug-likeness (QED) is 0.201. The number of ether oxygens (including phenoxy) is 2. The maximum Gasteiger partial charge on any atom is 0.345 e. The lowest BCUT2D eigenvalue weighted by atomic mass is 9.77. The van der Waals surface area contributed by atoms with Crippen LogP contribution in [0.25, 0.3) is 11.1 Å². The molecule has 4 saturated carbocycles.